The van der Waals surface area contributed by atoms with Gasteiger partial charge in [-0.1, -0.05) is 23.7 Å². The first-order valence-corrected chi connectivity index (χ1v) is 8.02. The van der Waals surface area contributed by atoms with E-state index in [-0.39, 0.29) is 18.5 Å². The maximum Gasteiger partial charge on any atom is 0.317 e. The first kappa shape index (κ1) is 17.9. The van der Waals surface area contributed by atoms with Gasteiger partial charge in [0.1, 0.15) is 11.5 Å². The van der Waals surface area contributed by atoms with E-state index in [2.05, 4.69) is 10.6 Å². The molecule has 0 unspecified atom stereocenters. The number of hydrogen-bond acceptors (Lipinski definition) is 3. The van der Waals surface area contributed by atoms with E-state index in [1.807, 2.05) is 38.1 Å². The number of aromatic hydroxyl groups is 1. The smallest absolute Gasteiger partial charge is 0.317 e. The summed E-state index contributed by atoms with van der Waals surface area (Å²) in [5.74, 6) is 0.896. The van der Waals surface area contributed by atoms with Gasteiger partial charge in [0.25, 0.3) is 0 Å². The molecule has 0 aromatic heterocycles. The van der Waals surface area contributed by atoms with Gasteiger partial charge in [0.15, 0.2) is 6.73 Å². The SMILES string of the molecule is Cc1cc(OCNC(=O)NCCc2ccc(O)cc2)cc(C)c1Cl. The molecule has 24 heavy (non-hydrogen) atoms. The van der Waals surface area contributed by atoms with Gasteiger partial charge in [-0.15, -0.1) is 0 Å². The summed E-state index contributed by atoms with van der Waals surface area (Å²) in [6.45, 7) is 4.39. The average Bonchev–Trinajstić information content (AvgIpc) is 2.54. The Balaban J connectivity index is 1.69. The molecule has 0 saturated heterocycles. The molecular weight excluding hydrogens is 328 g/mol. The van der Waals surface area contributed by atoms with E-state index in [0.29, 0.717) is 18.7 Å². The molecule has 2 aromatic carbocycles. The van der Waals surface area contributed by atoms with Crippen LogP contribution in [-0.4, -0.2) is 24.4 Å². The molecule has 0 saturated carbocycles. The third-order valence-corrected chi connectivity index (χ3v) is 4.11. The molecule has 2 aromatic rings. The van der Waals surface area contributed by atoms with Gasteiger partial charge in [0, 0.05) is 11.6 Å². The summed E-state index contributed by atoms with van der Waals surface area (Å²) < 4.78 is 5.51. The molecule has 0 radical (unpaired) electrons. The summed E-state index contributed by atoms with van der Waals surface area (Å²) in [6, 6.07) is 10.3. The number of amides is 2. The zero-order chi connectivity index (χ0) is 17.5. The number of hydrogen-bond donors (Lipinski definition) is 3. The maximum atomic E-state index is 11.7. The van der Waals surface area contributed by atoms with Crippen molar-refractivity contribution in [3.8, 4) is 11.5 Å². The van der Waals surface area contributed by atoms with Crippen molar-refractivity contribution in [3.63, 3.8) is 0 Å². The van der Waals surface area contributed by atoms with Gasteiger partial charge in [-0.2, -0.15) is 0 Å². The summed E-state index contributed by atoms with van der Waals surface area (Å²) in [5.41, 5.74) is 2.91. The van der Waals surface area contributed by atoms with Gasteiger partial charge < -0.3 is 20.5 Å². The Morgan fingerprint density at radius 3 is 2.38 bits per heavy atom. The number of ether oxygens (including phenoxy) is 1. The monoisotopic (exact) mass is 348 g/mol. The lowest BCUT2D eigenvalue weighted by atomic mass is 10.1. The number of halogens is 1. The van der Waals surface area contributed by atoms with Gasteiger partial charge in [-0.25, -0.2) is 4.79 Å². The molecule has 2 amide bonds. The Labute approximate surface area is 146 Å². The van der Waals surface area contributed by atoms with E-state index < -0.39 is 0 Å². The molecule has 6 heteroatoms. The van der Waals surface area contributed by atoms with Crippen molar-refractivity contribution in [1.29, 1.82) is 0 Å². The number of carbonyl (C=O) groups is 1. The Hall–Kier alpha value is -2.40. The Bertz CT molecular complexity index is 679. The molecule has 128 valence electrons. The zero-order valence-corrected chi connectivity index (χ0v) is 14.5. The highest BCUT2D eigenvalue weighted by molar-refractivity contribution is 6.32. The van der Waals surface area contributed by atoms with E-state index in [1.165, 1.54) is 0 Å². The molecule has 0 aliphatic rings. The van der Waals surface area contributed by atoms with Crippen LogP contribution in [0.1, 0.15) is 16.7 Å². The highest BCUT2D eigenvalue weighted by Crippen LogP contribution is 2.25. The normalized spacial score (nSPS) is 10.3. The summed E-state index contributed by atoms with van der Waals surface area (Å²) in [6.07, 6.45) is 0.685. The standard InChI is InChI=1S/C18H21ClN2O3/c1-12-9-16(10-13(2)17(12)19)24-11-21-18(23)20-8-7-14-3-5-15(22)6-4-14/h3-6,9-10,22H,7-8,11H2,1-2H3,(H2,20,21,23). The van der Waals surface area contributed by atoms with Crippen molar-refractivity contribution in [3.05, 3.63) is 58.1 Å². The van der Waals surface area contributed by atoms with Crippen molar-refractivity contribution >= 4 is 17.6 Å². The van der Waals surface area contributed by atoms with E-state index >= 15 is 0 Å². The van der Waals surface area contributed by atoms with E-state index in [0.717, 1.165) is 21.7 Å². The van der Waals surface area contributed by atoms with Crippen LogP contribution >= 0.6 is 11.6 Å². The molecule has 0 aliphatic carbocycles. The van der Waals surface area contributed by atoms with Crippen LogP contribution in [0.4, 0.5) is 4.79 Å². The van der Waals surface area contributed by atoms with Gasteiger partial charge >= 0.3 is 6.03 Å². The maximum absolute atomic E-state index is 11.7. The van der Waals surface area contributed by atoms with E-state index in [1.54, 1.807) is 12.1 Å². The molecule has 3 N–H and O–H groups in total. The van der Waals surface area contributed by atoms with Crippen molar-refractivity contribution in [2.24, 2.45) is 0 Å². The highest BCUT2D eigenvalue weighted by Gasteiger charge is 2.04. The zero-order valence-electron chi connectivity index (χ0n) is 13.7. The predicted molar refractivity (Wildman–Crippen MR) is 94.8 cm³/mol. The van der Waals surface area contributed by atoms with Crippen LogP contribution < -0.4 is 15.4 Å². The lowest BCUT2D eigenvalue weighted by Crippen LogP contribution is -2.38. The molecule has 0 aliphatic heterocycles. The number of phenols is 1. The van der Waals surface area contributed by atoms with E-state index in [4.69, 9.17) is 16.3 Å². The third-order valence-electron chi connectivity index (χ3n) is 3.52. The van der Waals surface area contributed by atoms with Crippen LogP contribution in [0, 0.1) is 13.8 Å². The van der Waals surface area contributed by atoms with Crippen molar-refractivity contribution in [1.82, 2.24) is 10.6 Å². The van der Waals surface area contributed by atoms with Crippen LogP contribution in [0.5, 0.6) is 11.5 Å². The van der Waals surface area contributed by atoms with Crippen LogP contribution in [-0.2, 0) is 6.42 Å². The number of benzene rings is 2. The van der Waals surface area contributed by atoms with Crippen molar-refractivity contribution < 1.29 is 14.6 Å². The van der Waals surface area contributed by atoms with Gasteiger partial charge in [-0.05, 0) is 61.2 Å². The molecule has 2 rings (SSSR count). The Morgan fingerprint density at radius 1 is 1.12 bits per heavy atom. The minimum atomic E-state index is -0.295. The molecule has 0 heterocycles. The number of nitrogens with one attached hydrogen (secondary N) is 2. The molecule has 5 nitrogen and oxygen atoms in total. The minimum Gasteiger partial charge on any atom is -0.508 e. The molecule has 0 spiro atoms. The average molecular weight is 349 g/mol. The number of carbonyl (C=O) groups excluding carboxylic acids is 1. The van der Waals surface area contributed by atoms with Crippen LogP contribution in [0.2, 0.25) is 5.02 Å². The van der Waals surface area contributed by atoms with Crippen LogP contribution in [0.3, 0.4) is 0 Å². The van der Waals surface area contributed by atoms with Gasteiger partial charge in [-0.3, -0.25) is 0 Å². The molecule has 0 atom stereocenters. The second-order valence-corrected chi connectivity index (χ2v) is 5.89. The molecule has 0 bridgehead atoms. The summed E-state index contributed by atoms with van der Waals surface area (Å²) in [5, 5.41) is 15.3. The molecular formula is C18H21ClN2O3. The number of rotatable bonds is 6. The van der Waals surface area contributed by atoms with Crippen molar-refractivity contribution in [2.75, 3.05) is 13.3 Å². The Morgan fingerprint density at radius 2 is 1.75 bits per heavy atom. The fourth-order valence-electron chi connectivity index (χ4n) is 2.22. The summed E-state index contributed by atoms with van der Waals surface area (Å²) in [7, 11) is 0. The fourth-order valence-corrected chi connectivity index (χ4v) is 2.33. The lowest BCUT2D eigenvalue weighted by Gasteiger charge is -2.11. The van der Waals surface area contributed by atoms with Crippen LogP contribution in [0.25, 0.3) is 0 Å². The van der Waals surface area contributed by atoms with E-state index in [9.17, 15) is 9.90 Å². The molecule has 0 fully saturated rings. The van der Waals surface area contributed by atoms with Crippen LogP contribution in [0.15, 0.2) is 36.4 Å². The highest BCUT2D eigenvalue weighted by atomic mass is 35.5. The first-order chi connectivity index (χ1) is 11.5. The second kappa shape index (κ2) is 8.45. The number of aryl methyl sites for hydroxylation is 2. The van der Waals surface area contributed by atoms with Crippen molar-refractivity contribution in [2.45, 2.75) is 20.3 Å². The minimum absolute atomic E-state index is 0.0750. The van der Waals surface area contributed by atoms with Gasteiger partial charge in [0.2, 0.25) is 0 Å². The summed E-state index contributed by atoms with van der Waals surface area (Å²) in [4.78, 5) is 11.7. The fraction of sp³-hybridized carbons (Fsp3) is 0.278. The topological polar surface area (TPSA) is 70.6 Å². The Kier molecular flexibility index (Phi) is 6.32. The largest absolute Gasteiger partial charge is 0.508 e. The summed E-state index contributed by atoms with van der Waals surface area (Å²) >= 11 is 6.10. The lowest BCUT2D eigenvalue weighted by molar-refractivity contribution is 0.224. The quantitative estimate of drug-likeness (QED) is 0.699. The number of urea groups is 1. The number of phenolic OH excluding ortho intramolecular Hbond substituents is 1. The first-order valence-electron chi connectivity index (χ1n) is 7.65. The second-order valence-electron chi connectivity index (χ2n) is 5.51. The van der Waals surface area contributed by atoms with Gasteiger partial charge in [0.05, 0.1) is 0 Å². The third kappa shape index (κ3) is 5.35. The predicted octanol–water partition coefficient (Wildman–Crippen LogP) is 3.54.